The molecular formula is C19H26N2O6. The minimum absolute atomic E-state index is 0.0653. The van der Waals surface area contributed by atoms with Crippen molar-refractivity contribution in [2.24, 2.45) is 5.92 Å². The maximum atomic E-state index is 11.9. The van der Waals surface area contributed by atoms with E-state index < -0.39 is 6.23 Å². The molecule has 27 heavy (non-hydrogen) atoms. The van der Waals surface area contributed by atoms with Crippen LogP contribution in [0.25, 0.3) is 0 Å². The van der Waals surface area contributed by atoms with E-state index in [4.69, 9.17) is 14.2 Å². The summed E-state index contributed by atoms with van der Waals surface area (Å²) in [6.45, 7) is 5.60. The molecule has 0 amide bonds. The van der Waals surface area contributed by atoms with Gasteiger partial charge in [-0.05, 0) is 45.8 Å². The van der Waals surface area contributed by atoms with Gasteiger partial charge in [-0.1, -0.05) is 0 Å². The molecule has 2 N–H and O–H groups in total. The molecule has 1 aromatic rings. The van der Waals surface area contributed by atoms with Crippen LogP contribution in [0, 0.1) is 5.92 Å². The summed E-state index contributed by atoms with van der Waals surface area (Å²) in [5, 5.41) is 13.4. The molecule has 0 aromatic heterocycles. The maximum Gasteiger partial charge on any atom is 0.309 e. The number of hydrogen-bond donors (Lipinski definition) is 2. The summed E-state index contributed by atoms with van der Waals surface area (Å²) in [4.78, 5) is 25.8. The third-order valence-corrected chi connectivity index (χ3v) is 4.85. The van der Waals surface area contributed by atoms with Gasteiger partial charge in [0.05, 0.1) is 18.2 Å². The summed E-state index contributed by atoms with van der Waals surface area (Å²) < 4.78 is 15.7. The second-order valence-corrected chi connectivity index (χ2v) is 6.79. The monoisotopic (exact) mass is 378 g/mol. The zero-order chi connectivity index (χ0) is 19.4. The van der Waals surface area contributed by atoms with Crippen LogP contribution in [0.4, 0.5) is 5.69 Å². The molecule has 148 valence electrons. The van der Waals surface area contributed by atoms with Gasteiger partial charge >= 0.3 is 5.97 Å². The average Bonchev–Trinajstić information content (AvgIpc) is 3.09. The molecule has 0 radical (unpaired) electrons. The standard InChI is InChI=1S/C19H26N2O6/c1-3-25-19(24)13-4-6-21(7-5-13)10-18(23)20-15-9-17-16(26-11-27-17)8-14(15)12(2)22/h8-9,13,18,20,23H,3-7,10-11H2,1-2H3. The summed E-state index contributed by atoms with van der Waals surface area (Å²) in [5.74, 6) is 0.747. The lowest BCUT2D eigenvalue weighted by Crippen LogP contribution is -2.43. The summed E-state index contributed by atoms with van der Waals surface area (Å²) >= 11 is 0. The van der Waals surface area contributed by atoms with Crippen LogP contribution < -0.4 is 14.8 Å². The van der Waals surface area contributed by atoms with Crippen LogP contribution in [0.3, 0.4) is 0 Å². The number of aliphatic hydroxyl groups is 1. The Morgan fingerprint density at radius 2 is 1.96 bits per heavy atom. The number of hydrogen-bond acceptors (Lipinski definition) is 8. The number of nitrogens with one attached hydrogen (secondary N) is 1. The molecule has 1 aromatic carbocycles. The van der Waals surface area contributed by atoms with Crippen LogP contribution in [0.5, 0.6) is 11.5 Å². The van der Waals surface area contributed by atoms with Gasteiger partial charge in [0.25, 0.3) is 0 Å². The summed E-state index contributed by atoms with van der Waals surface area (Å²) in [5.41, 5.74) is 0.958. The van der Waals surface area contributed by atoms with E-state index >= 15 is 0 Å². The first-order valence-corrected chi connectivity index (χ1v) is 9.26. The number of anilines is 1. The topological polar surface area (TPSA) is 97.3 Å². The van der Waals surface area contributed by atoms with Crippen LogP contribution in [0.1, 0.15) is 37.0 Å². The van der Waals surface area contributed by atoms with Crippen LogP contribution in [0.2, 0.25) is 0 Å². The summed E-state index contributed by atoms with van der Waals surface area (Å²) in [6.07, 6.45) is 0.574. The van der Waals surface area contributed by atoms with Gasteiger partial charge in [-0.3, -0.25) is 14.5 Å². The molecule has 8 nitrogen and oxygen atoms in total. The number of fused-ring (bicyclic) bond motifs is 1. The number of ether oxygens (including phenoxy) is 3. The Bertz CT molecular complexity index is 700. The highest BCUT2D eigenvalue weighted by molar-refractivity contribution is 6.00. The van der Waals surface area contributed by atoms with Crippen LogP contribution >= 0.6 is 0 Å². The fraction of sp³-hybridized carbons (Fsp3) is 0.579. The number of carbonyl (C=O) groups is 2. The van der Waals surface area contributed by atoms with Crippen LogP contribution in [0.15, 0.2) is 12.1 Å². The third-order valence-electron chi connectivity index (χ3n) is 4.85. The van der Waals surface area contributed by atoms with Gasteiger partial charge in [0.1, 0.15) is 6.23 Å². The predicted octanol–water partition coefficient (Wildman–Crippen LogP) is 1.62. The molecular weight excluding hydrogens is 352 g/mol. The van der Waals surface area contributed by atoms with E-state index in [-0.39, 0.29) is 24.5 Å². The van der Waals surface area contributed by atoms with E-state index in [1.807, 2.05) is 0 Å². The van der Waals surface area contributed by atoms with Crippen molar-refractivity contribution in [1.29, 1.82) is 0 Å². The molecule has 1 atom stereocenters. The Hall–Kier alpha value is -2.32. The number of nitrogens with zero attached hydrogens (tertiary/aromatic N) is 1. The predicted molar refractivity (Wildman–Crippen MR) is 98.0 cm³/mol. The second-order valence-electron chi connectivity index (χ2n) is 6.79. The number of ketones is 1. The fourth-order valence-corrected chi connectivity index (χ4v) is 3.43. The SMILES string of the molecule is CCOC(=O)C1CCN(CC(O)Nc2cc3c(cc2C(C)=O)OCO3)CC1. The first-order chi connectivity index (χ1) is 13.0. The molecule has 0 spiro atoms. The number of aliphatic hydroxyl groups excluding tert-OH is 1. The first kappa shape index (κ1) is 19.4. The number of esters is 1. The Morgan fingerprint density at radius 1 is 1.30 bits per heavy atom. The zero-order valence-corrected chi connectivity index (χ0v) is 15.7. The molecule has 1 unspecified atom stereocenters. The molecule has 2 aliphatic rings. The average molecular weight is 378 g/mol. The molecule has 3 rings (SSSR count). The van der Waals surface area contributed by atoms with Crippen molar-refractivity contribution < 1.29 is 28.9 Å². The largest absolute Gasteiger partial charge is 0.466 e. The van der Waals surface area contributed by atoms with Crippen molar-refractivity contribution in [2.45, 2.75) is 32.9 Å². The number of piperidine rings is 1. The number of β-amino-alcohol motifs (C(OH)–C–C–N with tert-alkyl or cyclic N) is 1. The molecule has 2 heterocycles. The highest BCUT2D eigenvalue weighted by Crippen LogP contribution is 2.37. The minimum Gasteiger partial charge on any atom is -0.466 e. The first-order valence-electron chi connectivity index (χ1n) is 9.26. The second kappa shape index (κ2) is 8.58. The number of benzene rings is 1. The minimum atomic E-state index is -0.859. The van der Waals surface area contributed by atoms with E-state index in [0.717, 1.165) is 0 Å². The molecule has 1 saturated heterocycles. The molecule has 8 heteroatoms. The molecule has 1 fully saturated rings. The van der Waals surface area contributed by atoms with Gasteiger partial charge in [-0.15, -0.1) is 0 Å². The van der Waals surface area contributed by atoms with Crippen molar-refractivity contribution >= 4 is 17.4 Å². The Kier molecular flexibility index (Phi) is 6.18. The van der Waals surface area contributed by atoms with Crippen molar-refractivity contribution in [1.82, 2.24) is 4.90 Å². The van der Waals surface area contributed by atoms with Crippen molar-refractivity contribution in [2.75, 3.05) is 38.4 Å². The van der Waals surface area contributed by atoms with E-state index in [9.17, 15) is 14.7 Å². The number of Topliss-reactive ketones (excluding diaryl/α,β-unsaturated/α-hetero) is 1. The van der Waals surface area contributed by atoms with Gasteiger partial charge in [-0.2, -0.15) is 0 Å². The van der Waals surface area contributed by atoms with E-state index in [0.29, 0.717) is 61.8 Å². The Morgan fingerprint density at radius 3 is 2.59 bits per heavy atom. The Balaban J connectivity index is 1.56. The van der Waals surface area contributed by atoms with Gasteiger partial charge in [-0.25, -0.2) is 0 Å². The lowest BCUT2D eigenvalue weighted by atomic mass is 9.97. The van der Waals surface area contributed by atoms with E-state index in [1.54, 1.807) is 19.1 Å². The van der Waals surface area contributed by atoms with Crippen LogP contribution in [-0.2, 0) is 9.53 Å². The van der Waals surface area contributed by atoms with E-state index in [2.05, 4.69) is 10.2 Å². The molecule has 2 aliphatic heterocycles. The van der Waals surface area contributed by atoms with Crippen molar-refractivity contribution in [3.05, 3.63) is 17.7 Å². The van der Waals surface area contributed by atoms with Gasteiger partial charge in [0.2, 0.25) is 6.79 Å². The van der Waals surface area contributed by atoms with Gasteiger partial charge in [0.15, 0.2) is 17.3 Å². The molecule has 0 aliphatic carbocycles. The Labute approximate surface area is 158 Å². The normalized spacial score (nSPS) is 18.2. The lowest BCUT2D eigenvalue weighted by Gasteiger charge is -2.32. The van der Waals surface area contributed by atoms with Crippen molar-refractivity contribution in [3.63, 3.8) is 0 Å². The number of rotatable bonds is 7. The quantitative estimate of drug-likeness (QED) is 0.420. The van der Waals surface area contributed by atoms with Gasteiger partial charge in [0, 0.05) is 18.2 Å². The van der Waals surface area contributed by atoms with Crippen LogP contribution in [-0.4, -0.2) is 61.0 Å². The fourth-order valence-electron chi connectivity index (χ4n) is 3.43. The molecule has 0 saturated carbocycles. The molecule has 0 bridgehead atoms. The van der Waals surface area contributed by atoms with E-state index in [1.165, 1.54) is 6.92 Å². The van der Waals surface area contributed by atoms with Crippen molar-refractivity contribution in [3.8, 4) is 11.5 Å². The zero-order valence-electron chi connectivity index (χ0n) is 15.7. The van der Waals surface area contributed by atoms with Gasteiger partial charge < -0.3 is 24.6 Å². The number of likely N-dealkylation sites (tertiary alicyclic amines) is 1. The number of carbonyl (C=O) groups excluding carboxylic acids is 2. The highest BCUT2D eigenvalue weighted by atomic mass is 16.7. The maximum absolute atomic E-state index is 11.9. The highest BCUT2D eigenvalue weighted by Gasteiger charge is 2.27. The smallest absolute Gasteiger partial charge is 0.309 e. The summed E-state index contributed by atoms with van der Waals surface area (Å²) in [6, 6.07) is 3.31. The third kappa shape index (κ3) is 4.70. The summed E-state index contributed by atoms with van der Waals surface area (Å²) in [7, 11) is 0. The lowest BCUT2D eigenvalue weighted by molar-refractivity contribution is -0.149.